The van der Waals surface area contributed by atoms with Crippen molar-refractivity contribution in [1.82, 2.24) is 4.98 Å². The summed E-state index contributed by atoms with van der Waals surface area (Å²) >= 11 is 3.24. The second-order valence-corrected chi connectivity index (χ2v) is 4.41. The van der Waals surface area contributed by atoms with Gasteiger partial charge in [0.2, 0.25) is 5.43 Å². The van der Waals surface area contributed by atoms with E-state index >= 15 is 0 Å². The fraction of sp³-hybridized carbons (Fsp3) is 0.250. The molecule has 78 valence electrons. The zero-order valence-electron chi connectivity index (χ0n) is 8.51. The molecule has 0 unspecified atom stereocenters. The molecular formula is C12H12BrNO. The van der Waals surface area contributed by atoms with Gasteiger partial charge in [0.15, 0.2) is 0 Å². The number of aromatic nitrogens is 1. The van der Waals surface area contributed by atoms with Crippen LogP contribution in [0.4, 0.5) is 0 Å². The number of hydrogen-bond acceptors (Lipinski definition) is 1. The molecule has 3 heteroatoms. The average molecular weight is 266 g/mol. The third kappa shape index (κ3) is 1.84. The summed E-state index contributed by atoms with van der Waals surface area (Å²) in [7, 11) is 0. The number of aryl methyl sites for hydroxylation is 1. The van der Waals surface area contributed by atoms with Crippen LogP contribution >= 0.6 is 15.9 Å². The quantitative estimate of drug-likeness (QED) is 0.889. The second kappa shape index (κ2) is 4.19. The Morgan fingerprint density at radius 1 is 1.40 bits per heavy atom. The number of benzene rings is 1. The Hall–Kier alpha value is -1.09. The van der Waals surface area contributed by atoms with Crippen LogP contribution in [0.5, 0.6) is 0 Å². The van der Waals surface area contributed by atoms with Crippen LogP contribution in [-0.4, -0.2) is 4.98 Å². The van der Waals surface area contributed by atoms with Gasteiger partial charge in [-0.2, -0.15) is 0 Å². The fourth-order valence-corrected chi connectivity index (χ4v) is 2.10. The van der Waals surface area contributed by atoms with E-state index in [1.807, 2.05) is 12.1 Å². The van der Waals surface area contributed by atoms with Gasteiger partial charge in [0.05, 0.1) is 9.99 Å². The van der Waals surface area contributed by atoms with Crippen molar-refractivity contribution in [3.8, 4) is 0 Å². The Morgan fingerprint density at radius 2 is 2.20 bits per heavy atom. The highest BCUT2D eigenvalue weighted by Crippen LogP contribution is 2.16. The monoisotopic (exact) mass is 265 g/mol. The molecule has 0 bridgehead atoms. The maximum Gasteiger partial charge on any atom is 0.203 e. The Bertz CT molecular complexity index is 545. The van der Waals surface area contributed by atoms with Gasteiger partial charge >= 0.3 is 0 Å². The lowest BCUT2D eigenvalue weighted by Gasteiger charge is -2.04. The van der Waals surface area contributed by atoms with Crippen LogP contribution < -0.4 is 5.43 Å². The Kier molecular flexibility index (Phi) is 2.91. The summed E-state index contributed by atoms with van der Waals surface area (Å²) in [5, 5.41) is 0.760. The van der Waals surface area contributed by atoms with Gasteiger partial charge in [-0.25, -0.2) is 0 Å². The van der Waals surface area contributed by atoms with Crippen LogP contribution in [0.25, 0.3) is 10.9 Å². The fourth-order valence-electron chi connectivity index (χ4n) is 1.77. The van der Waals surface area contributed by atoms with Crippen LogP contribution in [0.3, 0.4) is 0 Å². The van der Waals surface area contributed by atoms with Crippen molar-refractivity contribution in [2.75, 3.05) is 0 Å². The molecule has 15 heavy (non-hydrogen) atoms. The Labute approximate surface area is 96.5 Å². The molecule has 0 amide bonds. The van der Waals surface area contributed by atoms with Crippen LogP contribution in [-0.2, 0) is 6.42 Å². The average Bonchev–Trinajstić information content (AvgIpc) is 2.25. The molecule has 0 aliphatic heterocycles. The standard InChI is InChI=1S/C12H12BrNO/c1-2-4-8-5-3-6-9-11(8)14-7-10(13)12(9)15/h3,5-7H,2,4H2,1H3,(H,14,15). The summed E-state index contributed by atoms with van der Waals surface area (Å²) in [6.07, 6.45) is 3.79. The minimum absolute atomic E-state index is 0.0571. The van der Waals surface area contributed by atoms with Gasteiger partial charge in [0.1, 0.15) is 0 Å². The lowest BCUT2D eigenvalue weighted by Crippen LogP contribution is -2.04. The predicted octanol–water partition coefficient (Wildman–Crippen LogP) is 3.24. The number of hydrogen-bond donors (Lipinski definition) is 1. The first kappa shape index (κ1) is 10.4. The molecular weight excluding hydrogens is 254 g/mol. The number of aromatic amines is 1. The number of pyridine rings is 1. The third-order valence-electron chi connectivity index (χ3n) is 2.47. The summed E-state index contributed by atoms with van der Waals surface area (Å²) in [5.41, 5.74) is 2.23. The van der Waals surface area contributed by atoms with Gasteiger partial charge < -0.3 is 4.98 Å². The third-order valence-corrected chi connectivity index (χ3v) is 3.06. The summed E-state index contributed by atoms with van der Waals surface area (Å²) in [6.45, 7) is 2.13. The van der Waals surface area contributed by atoms with E-state index in [9.17, 15) is 4.79 Å². The van der Waals surface area contributed by atoms with E-state index in [0.717, 1.165) is 23.7 Å². The topological polar surface area (TPSA) is 32.9 Å². The number of halogens is 1. The van der Waals surface area contributed by atoms with E-state index in [4.69, 9.17) is 0 Å². The predicted molar refractivity (Wildman–Crippen MR) is 66.3 cm³/mol. The SMILES string of the molecule is CCCc1cccc2c(=O)c(Br)c[nH]c12. The lowest BCUT2D eigenvalue weighted by atomic mass is 10.1. The Balaban J connectivity index is 2.77. The largest absolute Gasteiger partial charge is 0.360 e. The molecule has 0 spiro atoms. The van der Waals surface area contributed by atoms with Gasteiger partial charge in [0, 0.05) is 11.6 Å². The molecule has 0 saturated heterocycles. The van der Waals surface area contributed by atoms with Crippen LogP contribution in [0, 0.1) is 0 Å². The number of nitrogens with one attached hydrogen (secondary N) is 1. The number of rotatable bonds is 2. The van der Waals surface area contributed by atoms with E-state index in [2.05, 4.69) is 33.9 Å². The summed E-state index contributed by atoms with van der Waals surface area (Å²) < 4.78 is 0.587. The molecule has 2 rings (SSSR count). The van der Waals surface area contributed by atoms with Gasteiger partial charge in [0.25, 0.3) is 0 Å². The molecule has 0 saturated carbocycles. The molecule has 2 aromatic rings. The van der Waals surface area contributed by atoms with Crippen LogP contribution in [0.2, 0.25) is 0 Å². The van der Waals surface area contributed by atoms with E-state index in [-0.39, 0.29) is 5.43 Å². The zero-order chi connectivity index (χ0) is 10.8. The smallest absolute Gasteiger partial charge is 0.203 e. The first-order chi connectivity index (χ1) is 7.24. The maximum atomic E-state index is 11.8. The number of fused-ring (bicyclic) bond motifs is 1. The molecule has 0 radical (unpaired) electrons. The molecule has 1 aromatic carbocycles. The van der Waals surface area contributed by atoms with Crippen molar-refractivity contribution in [1.29, 1.82) is 0 Å². The minimum atomic E-state index is 0.0571. The van der Waals surface area contributed by atoms with Gasteiger partial charge in [-0.1, -0.05) is 25.5 Å². The zero-order valence-corrected chi connectivity index (χ0v) is 10.1. The van der Waals surface area contributed by atoms with E-state index in [1.165, 1.54) is 5.56 Å². The Morgan fingerprint density at radius 3 is 2.93 bits per heavy atom. The minimum Gasteiger partial charge on any atom is -0.360 e. The van der Waals surface area contributed by atoms with Crippen molar-refractivity contribution in [3.05, 3.63) is 44.7 Å². The molecule has 1 aromatic heterocycles. The van der Waals surface area contributed by atoms with Crippen molar-refractivity contribution in [3.63, 3.8) is 0 Å². The molecule has 2 nitrogen and oxygen atoms in total. The molecule has 0 atom stereocenters. The molecule has 1 N–H and O–H groups in total. The first-order valence-electron chi connectivity index (χ1n) is 5.03. The highest BCUT2D eigenvalue weighted by Gasteiger charge is 2.05. The lowest BCUT2D eigenvalue weighted by molar-refractivity contribution is 0.926. The highest BCUT2D eigenvalue weighted by molar-refractivity contribution is 9.10. The molecule has 0 aliphatic rings. The first-order valence-corrected chi connectivity index (χ1v) is 5.82. The van der Waals surface area contributed by atoms with Crippen LogP contribution in [0.1, 0.15) is 18.9 Å². The molecule has 0 fully saturated rings. The number of H-pyrrole nitrogens is 1. The summed E-state index contributed by atoms with van der Waals surface area (Å²) in [6, 6.07) is 5.86. The van der Waals surface area contributed by atoms with Crippen molar-refractivity contribution >= 4 is 26.8 Å². The second-order valence-electron chi connectivity index (χ2n) is 3.56. The van der Waals surface area contributed by atoms with Gasteiger partial charge in [-0.05, 0) is 34.0 Å². The van der Waals surface area contributed by atoms with Crippen molar-refractivity contribution in [2.45, 2.75) is 19.8 Å². The van der Waals surface area contributed by atoms with Crippen molar-refractivity contribution in [2.24, 2.45) is 0 Å². The van der Waals surface area contributed by atoms with Crippen molar-refractivity contribution < 1.29 is 0 Å². The van der Waals surface area contributed by atoms with Gasteiger partial charge in [-0.3, -0.25) is 4.79 Å². The van der Waals surface area contributed by atoms with E-state index in [0.29, 0.717) is 4.47 Å². The summed E-state index contributed by atoms with van der Waals surface area (Å²) in [4.78, 5) is 15.0. The number of para-hydroxylation sites is 1. The highest BCUT2D eigenvalue weighted by atomic mass is 79.9. The van der Waals surface area contributed by atoms with Crippen LogP contribution in [0.15, 0.2) is 33.7 Å². The normalized spacial score (nSPS) is 10.8. The molecule has 1 heterocycles. The molecule has 0 aliphatic carbocycles. The van der Waals surface area contributed by atoms with E-state index in [1.54, 1.807) is 6.20 Å². The van der Waals surface area contributed by atoms with Gasteiger partial charge in [-0.15, -0.1) is 0 Å². The summed E-state index contributed by atoms with van der Waals surface area (Å²) in [5.74, 6) is 0. The van der Waals surface area contributed by atoms with E-state index < -0.39 is 0 Å². The maximum absolute atomic E-state index is 11.8.